The highest BCUT2D eigenvalue weighted by Gasteiger charge is 2.75. The molecule has 11 atom stereocenters. The number of carbonyl (C=O) groups excluding carboxylic acids is 1. The summed E-state index contributed by atoms with van der Waals surface area (Å²) in [6.45, 7) is 12.0. The van der Waals surface area contributed by atoms with Crippen LogP contribution in [0.1, 0.15) is 92.9 Å². The van der Waals surface area contributed by atoms with Gasteiger partial charge < -0.3 is 24.4 Å². The van der Waals surface area contributed by atoms with Crippen LogP contribution in [0.4, 0.5) is 0 Å². The van der Waals surface area contributed by atoms with E-state index in [0.717, 1.165) is 38.5 Å². The van der Waals surface area contributed by atoms with Gasteiger partial charge in [0.25, 0.3) is 0 Å². The zero-order valence-corrected chi connectivity index (χ0v) is 22.3. The molecule has 6 aliphatic rings. The van der Waals surface area contributed by atoms with Gasteiger partial charge in [0.1, 0.15) is 17.3 Å². The standard InChI is InChI=1S/C29H44O6/c1-16(30)33-18-9-11-26(4)17(13-18)7-8-19-20(26)10-12-27(5)21(19)14-22-24(27)28(6)23(31)15-29(34-22,35-28)25(2,3)32/h7,18-24,31-32H,8-15H2,1-6H3/t18-,19+,20-,21-,22-,23+,24-,26-,27-,28-,29-/m1/s1. The van der Waals surface area contributed by atoms with E-state index in [2.05, 4.69) is 26.8 Å². The summed E-state index contributed by atoms with van der Waals surface area (Å²) in [7, 11) is 0. The van der Waals surface area contributed by atoms with Crippen LogP contribution in [-0.2, 0) is 19.0 Å². The fraction of sp³-hybridized carbons (Fsp3) is 0.897. The van der Waals surface area contributed by atoms with Crippen molar-refractivity contribution in [1.82, 2.24) is 0 Å². The largest absolute Gasteiger partial charge is 0.462 e. The summed E-state index contributed by atoms with van der Waals surface area (Å²) < 4.78 is 18.9. The maximum absolute atomic E-state index is 11.6. The smallest absolute Gasteiger partial charge is 0.302 e. The summed E-state index contributed by atoms with van der Waals surface area (Å²) in [4.78, 5) is 11.6. The van der Waals surface area contributed by atoms with Crippen molar-refractivity contribution in [2.45, 2.75) is 128 Å². The molecule has 0 amide bonds. The Morgan fingerprint density at radius 2 is 1.91 bits per heavy atom. The van der Waals surface area contributed by atoms with Crippen molar-refractivity contribution >= 4 is 5.97 Å². The molecule has 0 spiro atoms. The minimum absolute atomic E-state index is 0.0102. The van der Waals surface area contributed by atoms with Crippen molar-refractivity contribution in [2.75, 3.05) is 0 Å². The van der Waals surface area contributed by atoms with Crippen molar-refractivity contribution in [3.8, 4) is 0 Å². The van der Waals surface area contributed by atoms with Crippen LogP contribution in [0, 0.1) is 34.5 Å². The third kappa shape index (κ3) is 3.12. The van der Waals surface area contributed by atoms with Crippen molar-refractivity contribution < 1.29 is 29.2 Å². The number of hydrogen-bond acceptors (Lipinski definition) is 6. The van der Waals surface area contributed by atoms with Gasteiger partial charge in [-0.2, -0.15) is 0 Å². The van der Waals surface area contributed by atoms with E-state index in [0.29, 0.717) is 24.2 Å². The van der Waals surface area contributed by atoms with Crippen molar-refractivity contribution in [3.05, 3.63) is 11.6 Å². The Morgan fingerprint density at radius 1 is 1.17 bits per heavy atom. The number of esters is 1. The summed E-state index contributed by atoms with van der Waals surface area (Å²) in [5.74, 6) is 0.504. The average molecular weight is 489 g/mol. The van der Waals surface area contributed by atoms with Crippen LogP contribution in [0.15, 0.2) is 11.6 Å². The first-order chi connectivity index (χ1) is 16.2. The van der Waals surface area contributed by atoms with Gasteiger partial charge in [0.05, 0.1) is 12.2 Å². The van der Waals surface area contributed by atoms with E-state index in [-0.39, 0.29) is 34.9 Å². The van der Waals surface area contributed by atoms with E-state index < -0.39 is 23.1 Å². The Kier molecular flexibility index (Phi) is 5.11. The Morgan fingerprint density at radius 3 is 2.60 bits per heavy atom. The van der Waals surface area contributed by atoms with Gasteiger partial charge in [0.2, 0.25) is 0 Å². The maximum atomic E-state index is 11.6. The number of ether oxygens (including phenoxy) is 3. The molecular formula is C29H44O6. The molecule has 196 valence electrons. The fourth-order valence-corrected chi connectivity index (χ4v) is 10.1. The van der Waals surface area contributed by atoms with E-state index in [1.54, 1.807) is 13.8 Å². The summed E-state index contributed by atoms with van der Waals surface area (Å²) in [5, 5.41) is 22.3. The third-order valence-electron chi connectivity index (χ3n) is 11.8. The quantitative estimate of drug-likeness (QED) is 0.439. The Bertz CT molecular complexity index is 953. The average Bonchev–Trinajstić information content (AvgIpc) is 3.16. The molecule has 4 aliphatic carbocycles. The first kappa shape index (κ1) is 24.4. The van der Waals surface area contributed by atoms with Crippen LogP contribution >= 0.6 is 0 Å². The van der Waals surface area contributed by atoms with Crippen LogP contribution in [0.25, 0.3) is 0 Å². The van der Waals surface area contributed by atoms with Crippen molar-refractivity contribution in [1.29, 1.82) is 0 Å². The molecule has 2 saturated heterocycles. The lowest BCUT2D eigenvalue weighted by molar-refractivity contribution is -0.384. The topological polar surface area (TPSA) is 85.2 Å². The number of rotatable bonds is 2. The van der Waals surface area contributed by atoms with E-state index in [9.17, 15) is 15.0 Å². The third-order valence-corrected chi connectivity index (χ3v) is 11.8. The fourth-order valence-electron chi connectivity index (χ4n) is 10.1. The molecule has 2 bridgehead atoms. The Labute approximate surface area is 209 Å². The molecule has 0 aromatic rings. The molecule has 0 unspecified atom stereocenters. The molecule has 5 fully saturated rings. The van der Waals surface area contributed by atoms with E-state index >= 15 is 0 Å². The number of fused-ring (bicyclic) bond motifs is 10. The molecule has 0 aromatic heterocycles. The highest BCUT2D eigenvalue weighted by atomic mass is 16.7. The summed E-state index contributed by atoms with van der Waals surface area (Å²) in [6, 6.07) is 0. The number of aliphatic hydroxyl groups is 2. The molecule has 3 saturated carbocycles. The second-order valence-corrected chi connectivity index (χ2v) is 14.0. The Balaban J connectivity index is 1.32. The van der Waals surface area contributed by atoms with Gasteiger partial charge in [0, 0.05) is 25.7 Å². The molecule has 2 aliphatic heterocycles. The molecule has 6 heteroatoms. The SMILES string of the molecule is CC(=O)O[C@@H]1CC[C@]2(C)C(=CC[C@@H]3[C@H]4C[C@H]5O[C@]6(C(C)(C)O)C[C@H](O)[C@@](C)(O6)[C@H]5[C@]4(C)CC[C@H]32)C1. The summed E-state index contributed by atoms with van der Waals surface area (Å²) in [5.41, 5.74) is -0.195. The molecule has 6 rings (SSSR count). The van der Waals surface area contributed by atoms with Crippen molar-refractivity contribution in [2.24, 2.45) is 34.5 Å². The van der Waals surface area contributed by atoms with Crippen LogP contribution < -0.4 is 0 Å². The van der Waals surface area contributed by atoms with Gasteiger partial charge >= 0.3 is 5.97 Å². The van der Waals surface area contributed by atoms with Gasteiger partial charge in [-0.15, -0.1) is 0 Å². The monoisotopic (exact) mass is 488 g/mol. The lowest BCUT2D eigenvalue weighted by Gasteiger charge is -2.59. The predicted molar refractivity (Wildman–Crippen MR) is 130 cm³/mol. The first-order valence-corrected chi connectivity index (χ1v) is 13.9. The number of allylic oxidation sites excluding steroid dienone is 1. The van der Waals surface area contributed by atoms with Crippen LogP contribution in [0.3, 0.4) is 0 Å². The summed E-state index contributed by atoms with van der Waals surface area (Å²) in [6.07, 6.45) is 9.38. The van der Waals surface area contributed by atoms with Crippen LogP contribution in [-0.4, -0.2) is 51.5 Å². The zero-order chi connectivity index (χ0) is 25.2. The normalized spacial score (nSPS) is 54.7. The lowest BCUT2D eigenvalue weighted by Crippen LogP contribution is -2.63. The van der Waals surface area contributed by atoms with Gasteiger partial charge in [-0.3, -0.25) is 4.79 Å². The van der Waals surface area contributed by atoms with E-state index in [4.69, 9.17) is 14.2 Å². The Hall–Kier alpha value is -0.950. The van der Waals surface area contributed by atoms with Gasteiger partial charge in [-0.05, 0) is 87.9 Å². The first-order valence-electron chi connectivity index (χ1n) is 13.9. The molecule has 0 aromatic carbocycles. The van der Waals surface area contributed by atoms with Crippen LogP contribution in [0.2, 0.25) is 0 Å². The number of aliphatic hydroxyl groups excluding tert-OH is 1. The lowest BCUT2D eigenvalue weighted by atomic mass is 9.46. The highest BCUT2D eigenvalue weighted by molar-refractivity contribution is 5.66. The second-order valence-electron chi connectivity index (χ2n) is 14.0. The number of carbonyl (C=O) groups is 1. The summed E-state index contributed by atoms with van der Waals surface area (Å²) >= 11 is 0. The highest BCUT2D eigenvalue weighted by Crippen LogP contribution is 2.71. The zero-order valence-electron chi connectivity index (χ0n) is 22.3. The van der Waals surface area contributed by atoms with Gasteiger partial charge in [-0.25, -0.2) is 0 Å². The van der Waals surface area contributed by atoms with Gasteiger partial charge in [0.15, 0.2) is 5.79 Å². The molecule has 6 nitrogen and oxygen atoms in total. The molecule has 0 radical (unpaired) electrons. The molecule has 2 heterocycles. The van der Waals surface area contributed by atoms with Crippen LogP contribution in [0.5, 0.6) is 0 Å². The van der Waals surface area contributed by atoms with E-state index in [1.165, 1.54) is 18.9 Å². The molecule has 35 heavy (non-hydrogen) atoms. The van der Waals surface area contributed by atoms with Gasteiger partial charge in [-0.1, -0.05) is 25.5 Å². The maximum Gasteiger partial charge on any atom is 0.302 e. The predicted octanol–water partition coefficient (Wildman–Crippen LogP) is 4.51. The van der Waals surface area contributed by atoms with Crippen molar-refractivity contribution in [3.63, 3.8) is 0 Å². The minimum Gasteiger partial charge on any atom is -0.462 e. The molecular weight excluding hydrogens is 444 g/mol. The number of hydrogen-bond donors (Lipinski definition) is 2. The molecule has 2 N–H and O–H groups in total. The second kappa shape index (κ2) is 7.33. The minimum atomic E-state index is -1.19. The van der Waals surface area contributed by atoms with E-state index in [1.807, 2.05) is 0 Å².